The van der Waals surface area contributed by atoms with Crippen LogP contribution in [0.15, 0.2) is 0 Å². The molecular weight excluding hydrogens is 202 g/mol. The van der Waals surface area contributed by atoms with Crippen LogP contribution in [0.4, 0.5) is 0 Å². The second-order valence-corrected chi connectivity index (χ2v) is 4.58. The fraction of sp³-hybridized carbons (Fsp3) is 0.917. The first-order valence-corrected chi connectivity index (χ1v) is 6.40. The van der Waals surface area contributed by atoms with Crippen molar-refractivity contribution in [2.45, 2.75) is 51.6 Å². The van der Waals surface area contributed by atoms with E-state index in [1.165, 1.54) is 19.3 Å². The lowest BCUT2D eigenvalue weighted by molar-refractivity contribution is -0.120. The Balaban J connectivity index is 2.60. The van der Waals surface area contributed by atoms with Gasteiger partial charge < -0.3 is 11.1 Å². The molecule has 1 aliphatic carbocycles. The predicted molar refractivity (Wildman–Crippen MR) is 66.2 cm³/mol. The molecule has 0 bridgehead atoms. The van der Waals surface area contributed by atoms with Crippen LogP contribution in [0.1, 0.15) is 39.5 Å². The maximum atomic E-state index is 11.2. The molecule has 1 rings (SSSR count). The first-order valence-electron chi connectivity index (χ1n) is 6.40. The lowest BCUT2D eigenvalue weighted by Gasteiger charge is -2.39. The summed E-state index contributed by atoms with van der Waals surface area (Å²) < 4.78 is 0. The van der Waals surface area contributed by atoms with Crippen molar-refractivity contribution in [3.63, 3.8) is 0 Å². The van der Waals surface area contributed by atoms with Gasteiger partial charge in [-0.15, -0.1) is 0 Å². The van der Waals surface area contributed by atoms with Crippen LogP contribution in [0.3, 0.4) is 0 Å². The highest BCUT2D eigenvalue weighted by molar-refractivity contribution is 5.73. The Bertz CT molecular complexity index is 220. The SMILES string of the molecule is CCN(CCN)[C@@H]1CCCC[C@H]1NC(C)=O. The highest BCUT2D eigenvalue weighted by Gasteiger charge is 2.29. The van der Waals surface area contributed by atoms with E-state index in [2.05, 4.69) is 17.1 Å². The number of nitrogens with zero attached hydrogens (tertiary/aromatic N) is 1. The molecule has 0 aromatic rings. The largest absolute Gasteiger partial charge is 0.352 e. The summed E-state index contributed by atoms with van der Waals surface area (Å²) in [7, 11) is 0. The zero-order valence-electron chi connectivity index (χ0n) is 10.5. The van der Waals surface area contributed by atoms with Crippen molar-refractivity contribution in [2.75, 3.05) is 19.6 Å². The van der Waals surface area contributed by atoms with Crippen molar-refractivity contribution in [1.82, 2.24) is 10.2 Å². The van der Waals surface area contributed by atoms with Crippen LogP contribution in [0.2, 0.25) is 0 Å². The van der Waals surface area contributed by atoms with Gasteiger partial charge in [0.15, 0.2) is 0 Å². The normalized spacial score (nSPS) is 25.8. The molecular formula is C12H25N3O. The summed E-state index contributed by atoms with van der Waals surface area (Å²) in [5, 5.41) is 3.08. The Morgan fingerprint density at radius 1 is 1.44 bits per heavy atom. The molecule has 4 nitrogen and oxygen atoms in total. The second-order valence-electron chi connectivity index (χ2n) is 4.58. The third-order valence-electron chi connectivity index (χ3n) is 3.41. The molecule has 0 saturated heterocycles. The molecule has 0 radical (unpaired) electrons. The maximum absolute atomic E-state index is 11.2. The Morgan fingerprint density at radius 3 is 2.69 bits per heavy atom. The molecule has 1 saturated carbocycles. The van der Waals surface area contributed by atoms with E-state index in [9.17, 15) is 4.79 Å². The van der Waals surface area contributed by atoms with Gasteiger partial charge in [-0.1, -0.05) is 19.8 Å². The zero-order chi connectivity index (χ0) is 12.0. The summed E-state index contributed by atoms with van der Waals surface area (Å²) in [6.07, 6.45) is 4.77. The summed E-state index contributed by atoms with van der Waals surface area (Å²) >= 11 is 0. The third kappa shape index (κ3) is 3.76. The number of hydrogen-bond acceptors (Lipinski definition) is 3. The first-order chi connectivity index (χ1) is 7.69. The number of carbonyl (C=O) groups is 1. The van der Waals surface area contributed by atoms with E-state index in [4.69, 9.17) is 5.73 Å². The van der Waals surface area contributed by atoms with E-state index in [0.29, 0.717) is 18.6 Å². The standard InChI is InChI=1S/C12H25N3O/c1-3-15(9-8-13)12-7-5-4-6-11(12)14-10(2)16/h11-12H,3-9,13H2,1-2H3,(H,14,16)/t11-,12-/m1/s1. The fourth-order valence-corrected chi connectivity index (χ4v) is 2.70. The van der Waals surface area contributed by atoms with Crippen LogP contribution >= 0.6 is 0 Å². The number of carbonyl (C=O) groups excluding carboxylic acids is 1. The van der Waals surface area contributed by atoms with E-state index in [-0.39, 0.29) is 5.91 Å². The van der Waals surface area contributed by atoms with Gasteiger partial charge in [-0.2, -0.15) is 0 Å². The lowest BCUT2D eigenvalue weighted by Crippen LogP contribution is -2.53. The van der Waals surface area contributed by atoms with Gasteiger partial charge in [0.25, 0.3) is 0 Å². The summed E-state index contributed by atoms with van der Waals surface area (Å²) in [6, 6.07) is 0.795. The summed E-state index contributed by atoms with van der Waals surface area (Å²) in [5.74, 6) is 0.0840. The van der Waals surface area contributed by atoms with Crippen LogP contribution in [-0.2, 0) is 4.79 Å². The van der Waals surface area contributed by atoms with Crippen LogP contribution in [0.25, 0.3) is 0 Å². The Morgan fingerprint density at radius 2 is 2.12 bits per heavy atom. The van der Waals surface area contributed by atoms with E-state index in [1.807, 2.05) is 0 Å². The van der Waals surface area contributed by atoms with Crippen LogP contribution < -0.4 is 11.1 Å². The quantitative estimate of drug-likeness (QED) is 0.727. The number of nitrogens with two attached hydrogens (primary N) is 1. The molecule has 0 aliphatic heterocycles. The molecule has 1 fully saturated rings. The molecule has 0 unspecified atom stereocenters. The van der Waals surface area contributed by atoms with E-state index in [0.717, 1.165) is 19.5 Å². The smallest absolute Gasteiger partial charge is 0.217 e. The Hall–Kier alpha value is -0.610. The molecule has 3 N–H and O–H groups in total. The number of rotatable bonds is 5. The topological polar surface area (TPSA) is 58.4 Å². The van der Waals surface area contributed by atoms with Crippen molar-refractivity contribution in [3.05, 3.63) is 0 Å². The van der Waals surface area contributed by atoms with Crippen molar-refractivity contribution in [1.29, 1.82) is 0 Å². The Kier molecular flexibility index (Phi) is 5.77. The molecule has 0 heterocycles. The van der Waals surface area contributed by atoms with Crippen LogP contribution in [0.5, 0.6) is 0 Å². The number of amides is 1. The van der Waals surface area contributed by atoms with Crippen molar-refractivity contribution in [2.24, 2.45) is 5.73 Å². The molecule has 1 amide bonds. The summed E-state index contributed by atoms with van der Waals surface area (Å²) in [6.45, 7) is 6.40. The molecule has 0 spiro atoms. The highest BCUT2D eigenvalue weighted by atomic mass is 16.1. The minimum atomic E-state index is 0.0840. The van der Waals surface area contributed by atoms with E-state index < -0.39 is 0 Å². The van der Waals surface area contributed by atoms with Crippen molar-refractivity contribution >= 4 is 5.91 Å². The number of nitrogens with one attached hydrogen (secondary N) is 1. The van der Waals surface area contributed by atoms with Gasteiger partial charge in [-0.25, -0.2) is 0 Å². The van der Waals surface area contributed by atoms with Gasteiger partial charge >= 0.3 is 0 Å². The molecule has 0 aromatic heterocycles. The van der Waals surface area contributed by atoms with Crippen LogP contribution in [-0.4, -0.2) is 42.5 Å². The fourth-order valence-electron chi connectivity index (χ4n) is 2.70. The Labute approximate surface area is 98.6 Å². The monoisotopic (exact) mass is 227 g/mol. The molecule has 94 valence electrons. The van der Waals surface area contributed by atoms with Gasteiger partial charge in [0, 0.05) is 32.1 Å². The zero-order valence-corrected chi connectivity index (χ0v) is 10.5. The first kappa shape index (κ1) is 13.5. The van der Waals surface area contributed by atoms with Gasteiger partial charge in [-0.05, 0) is 19.4 Å². The molecule has 16 heavy (non-hydrogen) atoms. The second kappa shape index (κ2) is 6.86. The average Bonchev–Trinajstić information content (AvgIpc) is 2.26. The predicted octanol–water partition coefficient (Wildman–Crippen LogP) is 0.714. The lowest BCUT2D eigenvalue weighted by atomic mass is 9.89. The van der Waals surface area contributed by atoms with E-state index >= 15 is 0 Å². The molecule has 4 heteroatoms. The highest BCUT2D eigenvalue weighted by Crippen LogP contribution is 2.23. The van der Waals surface area contributed by atoms with Crippen molar-refractivity contribution in [3.8, 4) is 0 Å². The number of likely N-dealkylation sites (N-methyl/N-ethyl adjacent to an activating group) is 1. The average molecular weight is 227 g/mol. The maximum Gasteiger partial charge on any atom is 0.217 e. The van der Waals surface area contributed by atoms with Gasteiger partial charge in [0.2, 0.25) is 5.91 Å². The summed E-state index contributed by atoms with van der Waals surface area (Å²) in [4.78, 5) is 13.6. The van der Waals surface area contributed by atoms with Crippen molar-refractivity contribution < 1.29 is 4.79 Å². The summed E-state index contributed by atoms with van der Waals surface area (Å²) in [5.41, 5.74) is 5.63. The minimum absolute atomic E-state index is 0.0840. The third-order valence-corrected chi connectivity index (χ3v) is 3.41. The van der Waals surface area contributed by atoms with Crippen LogP contribution in [0, 0.1) is 0 Å². The minimum Gasteiger partial charge on any atom is -0.352 e. The van der Waals surface area contributed by atoms with Gasteiger partial charge in [-0.3, -0.25) is 9.69 Å². The molecule has 0 aromatic carbocycles. The van der Waals surface area contributed by atoms with Gasteiger partial charge in [0.1, 0.15) is 0 Å². The molecule has 1 aliphatic rings. The van der Waals surface area contributed by atoms with Gasteiger partial charge in [0.05, 0.1) is 0 Å². The van der Waals surface area contributed by atoms with E-state index in [1.54, 1.807) is 6.92 Å². The molecule has 2 atom stereocenters. The number of hydrogen-bond donors (Lipinski definition) is 2.